The number of carbonyl (C=O) groups excluding carboxylic acids is 3. The molecule has 7 heteroatoms. The van der Waals surface area contributed by atoms with Crippen LogP contribution in [-0.2, 0) is 36.1 Å². The molecule has 0 aromatic rings. The van der Waals surface area contributed by atoms with Gasteiger partial charge < -0.3 is 15.3 Å². The maximum absolute atomic E-state index is 10.4. The Balaban J connectivity index is -0.000000174. The van der Waals surface area contributed by atoms with Crippen LogP contribution in [0.3, 0.4) is 0 Å². The van der Waals surface area contributed by atoms with Crippen molar-refractivity contribution in [2.24, 2.45) is 17.8 Å². The summed E-state index contributed by atoms with van der Waals surface area (Å²) in [5, 5.41) is 27.1. The van der Waals surface area contributed by atoms with Crippen molar-refractivity contribution in [1.29, 1.82) is 0 Å². The van der Waals surface area contributed by atoms with Crippen molar-refractivity contribution in [3.63, 3.8) is 0 Å². The number of ketones is 3. The van der Waals surface area contributed by atoms with Crippen LogP contribution in [0.25, 0.3) is 0 Å². The summed E-state index contributed by atoms with van der Waals surface area (Å²) < 4.78 is 0. The van der Waals surface area contributed by atoms with Crippen LogP contribution >= 0.6 is 0 Å². The molecule has 0 aliphatic rings. The van der Waals surface area contributed by atoms with Crippen LogP contribution in [0.5, 0.6) is 0 Å². The summed E-state index contributed by atoms with van der Waals surface area (Å²) >= 11 is 0. The molecule has 0 aliphatic carbocycles. The summed E-state index contributed by atoms with van der Waals surface area (Å²) in [5.41, 5.74) is 0. The van der Waals surface area contributed by atoms with Gasteiger partial charge in [-0.3, -0.25) is 14.4 Å². The minimum atomic E-state index is -0.0989. The van der Waals surface area contributed by atoms with E-state index in [-0.39, 0.29) is 56.3 Å². The second-order valence-corrected chi connectivity index (χ2v) is 8.53. The average molecular weight is 474 g/mol. The molecule has 0 saturated carbocycles. The summed E-state index contributed by atoms with van der Waals surface area (Å²) in [6.45, 7) is 16.2. The predicted octanol–water partition coefficient (Wildman–Crippen LogP) is 6.19. The van der Waals surface area contributed by atoms with E-state index in [1.807, 2.05) is 41.5 Å². The molecule has 0 radical (unpaired) electrons. The molecular formula is C24H42O6Ti. The molecule has 0 aromatic carbocycles. The van der Waals surface area contributed by atoms with Gasteiger partial charge in [0, 0.05) is 59.2 Å². The van der Waals surface area contributed by atoms with Crippen LogP contribution in [0.4, 0.5) is 0 Å². The van der Waals surface area contributed by atoms with E-state index in [4.69, 9.17) is 15.3 Å². The van der Waals surface area contributed by atoms with Crippen LogP contribution in [0, 0.1) is 17.8 Å². The Kier molecular flexibility index (Phi) is 25.5. The third-order valence-electron chi connectivity index (χ3n) is 2.96. The van der Waals surface area contributed by atoms with Gasteiger partial charge in [0.2, 0.25) is 0 Å². The Labute approximate surface area is 203 Å². The third kappa shape index (κ3) is 39.4. The topological polar surface area (TPSA) is 112 Å². The molecule has 0 amide bonds. The van der Waals surface area contributed by atoms with Crippen molar-refractivity contribution >= 4 is 17.3 Å². The minimum Gasteiger partial charge on any atom is -0.512 e. The Morgan fingerprint density at radius 1 is 0.548 bits per heavy atom. The maximum Gasteiger partial charge on any atom is 0.155 e. The van der Waals surface area contributed by atoms with E-state index >= 15 is 0 Å². The van der Waals surface area contributed by atoms with E-state index in [9.17, 15) is 14.4 Å². The molecule has 0 saturated heterocycles. The van der Waals surface area contributed by atoms with Crippen molar-refractivity contribution in [3.05, 3.63) is 35.5 Å². The largest absolute Gasteiger partial charge is 0.512 e. The quantitative estimate of drug-likeness (QED) is 0.209. The first-order chi connectivity index (χ1) is 13.6. The van der Waals surface area contributed by atoms with Crippen LogP contribution in [-0.4, -0.2) is 32.7 Å². The molecule has 3 N–H and O–H groups in total. The van der Waals surface area contributed by atoms with Gasteiger partial charge in [-0.25, -0.2) is 0 Å². The maximum atomic E-state index is 10.4. The molecule has 0 heterocycles. The number of aliphatic hydroxyl groups is 3. The Hall–Kier alpha value is -1.66. The van der Waals surface area contributed by atoms with Crippen molar-refractivity contribution < 1.29 is 51.4 Å². The van der Waals surface area contributed by atoms with Gasteiger partial charge in [0.05, 0.1) is 17.3 Å². The molecule has 0 aromatic heterocycles. The molecular weight excluding hydrogens is 432 g/mol. The summed E-state index contributed by atoms with van der Waals surface area (Å²) in [7, 11) is 0. The fraction of sp³-hybridized carbons (Fsp3) is 0.625. The van der Waals surface area contributed by atoms with Gasteiger partial charge in [-0.05, 0) is 38.5 Å². The van der Waals surface area contributed by atoms with E-state index in [0.29, 0.717) is 37.0 Å². The second-order valence-electron chi connectivity index (χ2n) is 8.53. The van der Waals surface area contributed by atoms with Crippen molar-refractivity contribution in [1.82, 2.24) is 0 Å². The normalized spacial score (nSPS) is 11.8. The van der Waals surface area contributed by atoms with Crippen LogP contribution in [0.15, 0.2) is 35.5 Å². The predicted molar refractivity (Wildman–Crippen MR) is 123 cm³/mol. The summed E-state index contributed by atoms with van der Waals surface area (Å²) in [5.74, 6) is 1.45. The summed E-state index contributed by atoms with van der Waals surface area (Å²) in [6.07, 6.45) is 5.54. The van der Waals surface area contributed by atoms with Crippen LogP contribution < -0.4 is 0 Å². The van der Waals surface area contributed by atoms with Gasteiger partial charge in [0.25, 0.3) is 0 Å². The van der Waals surface area contributed by atoms with Crippen molar-refractivity contribution in [2.45, 2.75) is 81.6 Å². The number of allylic oxidation sites excluding steroid dienone is 6. The van der Waals surface area contributed by atoms with Crippen LogP contribution in [0.1, 0.15) is 81.6 Å². The zero-order chi connectivity index (χ0) is 24.4. The zero-order valence-corrected chi connectivity index (χ0v) is 22.2. The Bertz CT molecular complexity index is 528. The van der Waals surface area contributed by atoms with Gasteiger partial charge in [0.1, 0.15) is 0 Å². The molecule has 0 atom stereocenters. The molecule has 0 unspecified atom stereocenters. The molecule has 0 spiro atoms. The van der Waals surface area contributed by atoms with E-state index in [0.717, 1.165) is 0 Å². The van der Waals surface area contributed by atoms with E-state index in [1.165, 1.54) is 39.0 Å². The molecule has 0 aliphatic heterocycles. The fourth-order valence-electron chi connectivity index (χ4n) is 2.14. The van der Waals surface area contributed by atoms with E-state index in [2.05, 4.69) is 0 Å². The Morgan fingerprint density at radius 2 is 0.710 bits per heavy atom. The molecule has 6 nitrogen and oxygen atoms in total. The fourth-order valence-corrected chi connectivity index (χ4v) is 2.14. The first kappa shape index (κ1) is 36.7. The number of hydrogen-bond donors (Lipinski definition) is 3. The van der Waals surface area contributed by atoms with Crippen molar-refractivity contribution in [3.8, 4) is 0 Å². The van der Waals surface area contributed by atoms with Gasteiger partial charge >= 0.3 is 0 Å². The number of carbonyl (C=O) groups is 3. The first-order valence-corrected chi connectivity index (χ1v) is 10.3. The summed E-state index contributed by atoms with van der Waals surface area (Å²) in [6, 6.07) is 0. The smallest absolute Gasteiger partial charge is 0.155 e. The van der Waals surface area contributed by atoms with Gasteiger partial charge in [-0.1, -0.05) is 41.5 Å². The SMILES string of the molecule is CC(=O)/C=C(\O)CC(C)C.CC(=O)/C=C(\O)CC(C)C.CC(=O)/C=C(\O)CC(C)C.[Ti]. The van der Waals surface area contributed by atoms with Crippen molar-refractivity contribution in [2.75, 3.05) is 0 Å². The Morgan fingerprint density at radius 3 is 0.806 bits per heavy atom. The molecule has 0 fully saturated rings. The molecule has 31 heavy (non-hydrogen) atoms. The molecule has 0 rings (SSSR count). The minimum absolute atomic E-state index is 0. The standard InChI is InChI=1S/3C8H14O2.Ti/c3*1-6(2)4-8(10)5-7(3)9;/h3*5-6,10H,4H2,1-3H3;/b3*8-5-;. The third-order valence-corrected chi connectivity index (χ3v) is 2.96. The van der Waals surface area contributed by atoms with E-state index in [1.54, 1.807) is 0 Å². The monoisotopic (exact) mass is 474 g/mol. The van der Waals surface area contributed by atoms with Crippen LogP contribution in [0.2, 0.25) is 0 Å². The van der Waals surface area contributed by atoms with E-state index < -0.39 is 0 Å². The van der Waals surface area contributed by atoms with Gasteiger partial charge in [-0.15, -0.1) is 0 Å². The number of aliphatic hydroxyl groups excluding tert-OH is 3. The zero-order valence-electron chi connectivity index (χ0n) is 20.7. The summed E-state index contributed by atoms with van der Waals surface area (Å²) in [4.78, 5) is 31.2. The number of rotatable bonds is 9. The molecule has 178 valence electrons. The number of hydrogen-bond acceptors (Lipinski definition) is 6. The van der Waals surface area contributed by atoms with Gasteiger partial charge in [-0.2, -0.15) is 0 Å². The van der Waals surface area contributed by atoms with Gasteiger partial charge in [0.15, 0.2) is 17.3 Å². The first-order valence-electron chi connectivity index (χ1n) is 10.3. The molecule has 0 bridgehead atoms. The average Bonchev–Trinajstić information content (AvgIpc) is 2.42. The second kappa shape index (κ2) is 21.6.